The number of pyridine rings is 2. The van der Waals surface area contributed by atoms with Crippen LogP contribution in [0.4, 0.5) is 4.39 Å². The molecule has 0 amide bonds. The summed E-state index contributed by atoms with van der Waals surface area (Å²) in [6, 6.07) is 5.89. The predicted octanol–water partition coefficient (Wildman–Crippen LogP) is 2.21. The minimum Gasteiger partial charge on any atom is -0.309 e. The molecule has 1 saturated carbocycles. The smallest absolute Gasteiger partial charge is 0.137 e. The quantitative estimate of drug-likeness (QED) is 0.391. The van der Waals surface area contributed by atoms with Crippen molar-refractivity contribution in [3.05, 3.63) is 72.8 Å². The molecule has 5 aromatic heterocycles. The van der Waals surface area contributed by atoms with Gasteiger partial charge in [-0.2, -0.15) is 15.0 Å². The van der Waals surface area contributed by atoms with Gasteiger partial charge in [-0.25, -0.2) is 14.1 Å². The summed E-state index contributed by atoms with van der Waals surface area (Å²) in [5.74, 6) is 0. The fourth-order valence-electron chi connectivity index (χ4n) is 3.71. The Kier molecular flexibility index (Phi) is 4.68. The van der Waals surface area contributed by atoms with Crippen molar-refractivity contribution in [3.63, 3.8) is 0 Å². The highest BCUT2D eigenvalue weighted by atomic mass is 19.1. The Morgan fingerprint density at radius 2 is 1.94 bits per heavy atom. The van der Waals surface area contributed by atoms with Crippen molar-refractivity contribution >= 4 is 5.65 Å². The summed E-state index contributed by atoms with van der Waals surface area (Å²) < 4.78 is 17.5. The molecule has 166 valence electrons. The van der Waals surface area contributed by atoms with Gasteiger partial charge in [0.1, 0.15) is 22.7 Å². The second-order valence-electron chi connectivity index (χ2n) is 8.34. The summed E-state index contributed by atoms with van der Waals surface area (Å²) in [6.07, 6.45) is 13.8. The molecule has 0 aromatic carbocycles. The van der Waals surface area contributed by atoms with Gasteiger partial charge in [-0.3, -0.25) is 4.98 Å². The van der Waals surface area contributed by atoms with E-state index >= 15 is 0 Å². The van der Waals surface area contributed by atoms with Crippen LogP contribution < -0.4 is 5.32 Å². The van der Waals surface area contributed by atoms with Crippen molar-refractivity contribution in [1.29, 1.82) is 0 Å². The molecule has 1 N–H and O–H groups in total. The number of imidazole rings is 1. The van der Waals surface area contributed by atoms with Crippen LogP contribution in [-0.4, -0.2) is 56.6 Å². The van der Waals surface area contributed by atoms with Gasteiger partial charge in [0.15, 0.2) is 0 Å². The van der Waals surface area contributed by atoms with Crippen molar-refractivity contribution in [2.75, 3.05) is 6.54 Å². The third kappa shape index (κ3) is 4.22. The zero-order valence-electron chi connectivity index (χ0n) is 17.7. The molecule has 0 atom stereocenters. The van der Waals surface area contributed by atoms with E-state index in [1.165, 1.54) is 4.80 Å². The van der Waals surface area contributed by atoms with Gasteiger partial charge in [0.2, 0.25) is 0 Å². The van der Waals surface area contributed by atoms with E-state index < -0.39 is 5.67 Å². The van der Waals surface area contributed by atoms with Crippen LogP contribution in [0.3, 0.4) is 0 Å². The molecular weight excluding hydrogens is 423 g/mol. The van der Waals surface area contributed by atoms with E-state index in [1.54, 1.807) is 29.5 Å². The van der Waals surface area contributed by atoms with Gasteiger partial charge < -0.3 is 9.72 Å². The van der Waals surface area contributed by atoms with Gasteiger partial charge in [0.05, 0.1) is 37.0 Å². The Balaban J connectivity index is 1.16. The summed E-state index contributed by atoms with van der Waals surface area (Å²) in [5, 5.41) is 20.0. The Labute approximate surface area is 188 Å². The van der Waals surface area contributed by atoms with E-state index in [9.17, 15) is 4.39 Å². The fourth-order valence-corrected chi connectivity index (χ4v) is 3.71. The zero-order valence-corrected chi connectivity index (χ0v) is 17.7. The van der Waals surface area contributed by atoms with Crippen LogP contribution in [-0.2, 0) is 13.1 Å². The second kappa shape index (κ2) is 7.85. The third-order valence-electron chi connectivity index (χ3n) is 5.66. The number of alkyl halides is 1. The molecule has 11 heteroatoms. The first kappa shape index (κ1) is 19.7. The minimum absolute atomic E-state index is 0.408. The fraction of sp³-hybridized carbons (Fsp3) is 0.273. The summed E-state index contributed by atoms with van der Waals surface area (Å²) >= 11 is 0. The Bertz CT molecular complexity index is 1400. The molecule has 0 unspecified atom stereocenters. The lowest BCUT2D eigenvalue weighted by molar-refractivity contribution is 0.295. The van der Waals surface area contributed by atoms with Gasteiger partial charge in [0.25, 0.3) is 0 Å². The monoisotopic (exact) mass is 444 g/mol. The number of hydrogen-bond acceptors (Lipinski definition) is 7. The van der Waals surface area contributed by atoms with Gasteiger partial charge in [-0.05, 0) is 30.5 Å². The highest BCUT2D eigenvalue weighted by molar-refractivity contribution is 5.59. The Morgan fingerprint density at radius 3 is 2.79 bits per heavy atom. The van der Waals surface area contributed by atoms with Crippen molar-refractivity contribution in [2.45, 2.75) is 31.6 Å². The SMILES string of the molecule is FC1(CNCc2ccc3nc(Cn4cc(-c5cncc(-n6nccn6)c5)nn4)cn3c2)CC1. The lowest BCUT2D eigenvalue weighted by Crippen LogP contribution is -2.24. The van der Waals surface area contributed by atoms with E-state index in [0.29, 0.717) is 38.2 Å². The third-order valence-corrected chi connectivity index (χ3v) is 5.66. The maximum Gasteiger partial charge on any atom is 0.137 e. The average molecular weight is 444 g/mol. The molecule has 0 spiro atoms. The van der Waals surface area contributed by atoms with Crippen LogP contribution in [0.2, 0.25) is 0 Å². The number of nitrogens with zero attached hydrogens (tertiary/aromatic N) is 9. The van der Waals surface area contributed by atoms with Crippen LogP contribution in [0, 0.1) is 0 Å². The van der Waals surface area contributed by atoms with Crippen molar-refractivity contribution in [3.8, 4) is 16.9 Å². The average Bonchev–Trinajstić information content (AvgIpc) is 3.28. The number of aromatic nitrogens is 9. The summed E-state index contributed by atoms with van der Waals surface area (Å²) in [6.45, 7) is 1.52. The van der Waals surface area contributed by atoms with E-state index in [4.69, 9.17) is 0 Å². The second-order valence-corrected chi connectivity index (χ2v) is 8.34. The molecule has 1 aliphatic carbocycles. The lowest BCUT2D eigenvalue weighted by atomic mass is 10.2. The van der Waals surface area contributed by atoms with Gasteiger partial charge in [-0.1, -0.05) is 11.3 Å². The van der Waals surface area contributed by atoms with E-state index in [2.05, 4.69) is 35.8 Å². The standard InChI is InChI=1S/C22H21FN10/c23-22(3-4-22)15-25-8-16-1-2-21-28-18(12-31(21)11-16)13-32-14-20(29-30-32)17-7-19(10-24-9-17)33-26-5-6-27-33/h1-2,5-7,9-12,14,25H,3-4,8,13,15H2. The normalized spacial score (nSPS) is 14.7. The maximum atomic E-state index is 13.8. The number of fused-ring (bicyclic) bond motifs is 1. The molecule has 1 fully saturated rings. The number of hydrogen-bond donors (Lipinski definition) is 1. The molecule has 10 nitrogen and oxygen atoms in total. The predicted molar refractivity (Wildman–Crippen MR) is 117 cm³/mol. The first-order valence-corrected chi connectivity index (χ1v) is 10.7. The highest BCUT2D eigenvalue weighted by Gasteiger charge is 2.42. The maximum absolute atomic E-state index is 13.8. The number of halogens is 1. The summed E-state index contributed by atoms with van der Waals surface area (Å²) in [5.41, 5.74) is 4.08. The lowest BCUT2D eigenvalue weighted by Gasteiger charge is -2.07. The van der Waals surface area contributed by atoms with Crippen LogP contribution in [0.15, 0.2) is 61.6 Å². The number of rotatable bonds is 8. The van der Waals surface area contributed by atoms with Crippen LogP contribution in [0.25, 0.3) is 22.6 Å². The molecule has 0 bridgehead atoms. The Morgan fingerprint density at radius 1 is 1.06 bits per heavy atom. The van der Waals surface area contributed by atoms with Crippen LogP contribution in [0.1, 0.15) is 24.1 Å². The summed E-state index contributed by atoms with van der Waals surface area (Å²) in [4.78, 5) is 10.4. The first-order valence-electron chi connectivity index (χ1n) is 10.7. The molecule has 33 heavy (non-hydrogen) atoms. The minimum atomic E-state index is -0.990. The first-order chi connectivity index (χ1) is 16.1. The van der Waals surface area contributed by atoms with E-state index in [-0.39, 0.29) is 0 Å². The van der Waals surface area contributed by atoms with Gasteiger partial charge >= 0.3 is 0 Å². The van der Waals surface area contributed by atoms with Gasteiger partial charge in [0, 0.05) is 37.2 Å². The molecule has 5 heterocycles. The van der Waals surface area contributed by atoms with Crippen LogP contribution >= 0.6 is 0 Å². The van der Waals surface area contributed by atoms with Crippen molar-refractivity contribution in [2.24, 2.45) is 0 Å². The summed E-state index contributed by atoms with van der Waals surface area (Å²) in [7, 11) is 0. The molecule has 6 rings (SSSR count). The molecular formula is C22H21FN10. The van der Waals surface area contributed by atoms with E-state index in [1.807, 2.05) is 41.2 Å². The largest absolute Gasteiger partial charge is 0.309 e. The van der Waals surface area contributed by atoms with Gasteiger partial charge in [-0.15, -0.1) is 5.10 Å². The molecule has 0 aliphatic heterocycles. The van der Waals surface area contributed by atoms with E-state index in [0.717, 1.165) is 28.2 Å². The highest BCUT2D eigenvalue weighted by Crippen LogP contribution is 2.38. The molecule has 1 aliphatic rings. The topological polar surface area (TPSA) is 104 Å². The number of nitrogens with one attached hydrogen (secondary N) is 1. The molecule has 0 radical (unpaired) electrons. The van der Waals surface area contributed by atoms with Crippen molar-refractivity contribution in [1.82, 2.24) is 49.7 Å². The van der Waals surface area contributed by atoms with Crippen LogP contribution in [0.5, 0.6) is 0 Å². The molecule has 0 saturated heterocycles. The zero-order chi connectivity index (χ0) is 22.3. The van der Waals surface area contributed by atoms with Crippen molar-refractivity contribution < 1.29 is 4.39 Å². The Hall–Kier alpha value is -3.99. The molecule has 5 aromatic rings.